The molecule has 0 aliphatic carbocycles. The van der Waals surface area contributed by atoms with Crippen LogP contribution in [-0.4, -0.2) is 17.7 Å². The summed E-state index contributed by atoms with van der Waals surface area (Å²) in [5, 5.41) is 3.32. The maximum Gasteiger partial charge on any atom is 0.264 e. The lowest BCUT2D eigenvalue weighted by atomic mass is 10.2. The van der Waals surface area contributed by atoms with Gasteiger partial charge in [-0.3, -0.25) is 4.79 Å². The second-order valence-electron chi connectivity index (χ2n) is 6.12. The number of amidine groups is 1. The number of rotatable bonds is 5. The van der Waals surface area contributed by atoms with Crippen LogP contribution in [0.4, 0.5) is 5.69 Å². The van der Waals surface area contributed by atoms with Crippen molar-refractivity contribution in [3.63, 3.8) is 0 Å². The summed E-state index contributed by atoms with van der Waals surface area (Å²) in [7, 11) is 0. The molecule has 0 bridgehead atoms. The molecule has 2 aromatic carbocycles. The summed E-state index contributed by atoms with van der Waals surface area (Å²) in [6.07, 6.45) is 1.72. The van der Waals surface area contributed by atoms with E-state index in [-0.39, 0.29) is 5.91 Å². The Hall–Kier alpha value is -2.77. The fourth-order valence-electron chi connectivity index (χ4n) is 2.74. The number of nitrogens with one attached hydrogen (secondary N) is 1. The Morgan fingerprint density at radius 1 is 1.17 bits per heavy atom. The van der Waals surface area contributed by atoms with E-state index < -0.39 is 0 Å². The number of hydrogen-bond donors (Lipinski definition) is 1. The Kier molecular flexibility index (Phi) is 5.87. The van der Waals surface area contributed by atoms with Gasteiger partial charge >= 0.3 is 0 Å². The van der Waals surface area contributed by atoms with E-state index in [1.165, 1.54) is 11.8 Å². The summed E-state index contributed by atoms with van der Waals surface area (Å²) >= 11 is 4.74. The van der Waals surface area contributed by atoms with E-state index in [1.807, 2.05) is 67.6 Å². The molecule has 4 rings (SSSR count). The van der Waals surface area contributed by atoms with Gasteiger partial charge in [-0.25, -0.2) is 4.99 Å². The molecule has 0 atom stereocenters. The fourth-order valence-corrected chi connectivity index (χ4v) is 3.96. The van der Waals surface area contributed by atoms with Crippen LogP contribution in [0.25, 0.3) is 17.4 Å². The molecule has 2 heterocycles. The molecule has 1 aromatic heterocycles. The number of nitrogens with zero attached hydrogens (tertiary/aromatic N) is 1. The number of ether oxygens (including phenoxy) is 1. The topological polar surface area (TPSA) is 63.8 Å². The van der Waals surface area contributed by atoms with Gasteiger partial charge < -0.3 is 14.5 Å². The molecule has 1 fully saturated rings. The molecule has 7 heteroatoms. The van der Waals surface area contributed by atoms with Gasteiger partial charge in [0.1, 0.15) is 17.3 Å². The lowest BCUT2D eigenvalue weighted by molar-refractivity contribution is -0.115. The molecule has 1 saturated heterocycles. The minimum Gasteiger partial charge on any atom is -0.494 e. The van der Waals surface area contributed by atoms with Crippen molar-refractivity contribution in [2.75, 3.05) is 6.61 Å². The van der Waals surface area contributed by atoms with E-state index in [2.05, 4.69) is 26.2 Å². The van der Waals surface area contributed by atoms with Crippen LogP contribution in [0.2, 0.25) is 0 Å². The number of furan rings is 1. The van der Waals surface area contributed by atoms with Crippen molar-refractivity contribution in [2.45, 2.75) is 6.92 Å². The van der Waals surface area contributed by atoms with E-state index in [0.29, 0.717) is 22.4 Å². The van der Waals surface area contributed by atoms with Crippen LogP contribution in [0.1, 0.15) is 12.7 Å². The zero-order chi connectivity index (χ0) is 20.2. The molecule has 1 aliphatic heterocycles. The molecule has 3 aromatic rings. The van der Waals surface area contributed by atoms with Crippen LogP contribution in [0.5, 0.6) is 5.75 Å². The first-order valence-corrected chi connectivity index (χ1v) is 10.6. The van der Waals surface area contributed by atoms with Gasteiger partial charge in [0.15, 0.2) is 5.17 Å². The summed E-state index contributed by atoms with van der Waals surface area (Å²) < 4.78 is 12.3. The van der Waals surface area contributed by atoms with Gasteiger partial charge in [0.25, 0.3) is 5.91 Å². The Bertz CT molecular complexity index is 1100. The SMILES string of the molecule is CCOc1ccc(N=C2NC(=O)/C(=C\c3ccc(-c4cccc(Br)c4)o3)S2)cc1. The zero-order valence-electron chi connectivity index (χ0n) is 15.5. The minimum atomic E-state index is -0.194. The van der Waals surface area contributed by atoms with E-state index in [4.69, 9.17) is 9.15 Å². The van der Waals surface area contributed by atoms with E-state index in [0.717, 1.165) is 27.2 Å². The quantitative estimate of drug-likeness (QED) is 0.466. The van der Waals surface area contributed by atoms with Crippen molar-refractivity contribution in [3.05, 3.63) is 75.8 Å². The number of hydrogen-bond acceptors (Lipinski definition) is 5. The van der Waals surface area contributed by atoms with Crippen LogP contribution < -0.4 is 10.1 Å². The van der Waals surface area contributed by atoms with Gasteiger partial charge in [0, 0.05) is 16.1 Å². The summed E-state index contributed by atoms with van der Waals surface area (Å²) in [5.41, 5.74) is 1.71. The average molecular weight is 469 g/mol. The van der Waals surface area contributed by atoms with Crippen LogP contribution in [0, 0.1) is 0 Å². The Morgan fingerprint density at radius 3 is 2.76 bits per heavy atom. The maximum atomic E-state index is 12.3. The first-order valence-electron chi connectivity index (χ1n) is 8.99. The summed E-state index contributed by atoms with van der Waals surface area (Å²) in [5.74, 6) is 1.95. The molecule has 1 N–H and O–H groups in total. The molecule has 29 heavy (non-hydrogen) atoms. The molecule has 0 saturated carbocycles. The third-order valence-corrected chi connectivity index (χ3v) is 5.44. The number of halogens is 1. The molecule has 1 amide bonds. The Balaban J connectivity index is 1.50. The van der Waals surface area contributed by atoms with Gasteiger partial charge in [0.2, 0.25) is 0 Å². The highest BCUT2D eigenvalue weighted by Crippen LogP contribution is 2.31. The maximum absolute atomic E-state index is 12.3. The zero-order valence-corrected chi connectivity index (χ0v) is 17.9. The highest BCUT2D eigenvalue weighted by molar-refractivity contribution is 9.10. The van der Waals surface area contributed by atoms with Crippen molar-refractivity contribution >= 4 is 50.5 Å². The molecule has 5 nitrogen and oxygen atoms in total. The van der Waals surface area contributed by atoms with Gasteiger partial charge in [0.05, 0.1) is 17.2 Å². The molecule has 0 radical (unpaired) electrons. The highest BCUT2D eigenvalue weighted by Gasteiger charge is 2.24. The number of carbonyl (C=O) groups is 1. The predicted molar refractivity (Wildman–Crippen MR) is 120 cm³/mol. The normalized spacial score (nSPS) is 16.4. The van der Waals surface area contributed by atoms with Crippen LogP contribution in [-0.2, 0) is 4.79 Å². The third kappa shape index (κ3) is 4.81. The third-order valence-electron chi connectivity index (χ3n) is 4.04. The van der Waals surface area contributed by atoms with Crippen LogP contribution in [0.3, 0.4) is 0 Å². The summed E-state index contributed by atoms with van der Waals surface area (Å²) in [6.45, 7) is 2.55. The molecular formula is C22H17BrN2O3S. The Morgan fingerprint density at radius 2 is 2.00 bits per heavy atom. The van der Waals surface area contributed by atoms with E-state index in [9.17, 15) is 4.79 Å². The number of benzene rings is 2. The smallest absolute Gasteiger partial charge is 0.264 e. The van der Waals surface area contributed by atoms with Crippen molar-refractivity contribution < 1.29 is 13.9 Å². The standard InChI is InChI=1S/C22H17BrN2O3S/c1-2-27-17-8-6-16(7-9-17)24-22-25-21(26)20(29-22)13-18-10-11-19(28-18)14-4-3-5-15(23)12-14/h3-13H,2H2,1H3,(H,24,25,26)/b20-13+. The van der Waals surface area contributed by atoms with Crippen LogP contribution >= 0.6 is 27.7 Å². The van der Waals surface area contributed by atoms with Gasteiger partial charge in [-0.05, 0) is 67.2 Å². The summed E-state index contributed by atoms with van der Waals surface area (Å²) in [6, 6.07) is 19.0. The van der Waals surface area contributed by atoms with Crippen molar-refractivity contribution in [3.8, 4) is 17.1 Å². The Labute approximate surface area is 181 Å². The second-order valence-corrected chi connectivity index (χ2v) is 8.07. The first-order chi connectivity index (χ1) is 14.1. The lowest BCUT2D eigenvalue weighted by Gasteiger charge is -2.02. The second kappa shape index (κ2) is 8.71. The van der Waals surface area contributed by atoms with Crippen molar-refractivity contribution in [1.82, 2.24) is 5.32 Å². The molecule has 1 aliphatic rings. The van der Waals surface area contributed by atoms with Gasteiger partial charge in [-0.2, -0.15) is 0 Å². The van der Waals surface area contributed by atoms with Crippen molar-refractivity contribution in [2.24, 2.45) is 4.99 Å². The van der Waals surface area contributed by atoms with Crippen LogP contribution in [0.15, 0.2) is 79.5 Å². The minimum absolute atomic E-state index is 0.194. The van der Waals surface area contributed by atoms with Gasteiger partial charge in [-0.15, -0.1) is 0 Å². The predicted octanol–water partition coefficient (Wildman–Crippen LogP) is 6.00. The number of aliphatic imine (C=N–C) groups is 1. The monoisotopic (exact) mass is 468 g/mol. The number of amides is 1. The average Bonchev–Trinajstić information content (AvgIpc) is 3.31. The fraction of sp³-hybridized carbons (Fsp3) is 0.0909. The van der Waals surface area contributed by atoms with E-state index in [1.54, 1.807) is 6.08 Å². The van der Waals surface area contributed by atoms with E-state index >= 15 is 0 Å². The van der Waals surface area contributed by atoms with Gasteiger partial charge in [-0.1, -0.05) is 28.1 Å². The lowest BCUT2D eigenvalue weighted by Crippen LogP contribution is -2.19. The van der Waals surface area contributed by atoms with Crippen molar-refractivity contribution in [1.29, 1.82) is 0 Å². The summed E-state index contributed by atoms with van der Waals surface area (Å²) in [4.78, 5) is 17.3. The first kappa shape index (κ1) is 19.5. The molecule has 0 spiro atoms. The highest BCUT2D eigenvalue weighted by atomic mass is 79.9. The molecule has 0 unspecified atom stereocenters. The number of thioether (sulfide) groups is 1. The molecular weight excluding hydrogens is 452 g/mol. The number of carbonyl (C=O) groups excluding carboxylic acids is 1. The molecule has 146 valence electrons. The largest absolute Gasteiger partial charge is 0.494 e.